The van der Waals surface area contributed by atoms with E-state index in [4.69, 9.17) is 5.73 Å². The molecule has 1 rings (SSSR count). The molecule has 0 heterocycles. The third kappa shape index (κ3) is 5.74. The molecule has 1 aromatic rings. The zero-order chi connectivity index (χ0) is 12.5. The molecule has 0 fully saturated rings. The number of hydrogen-bond acceptors (Lipinski definition) is 2. The van der Waals surface area contributed by atoms with Crippen LogP contribution in [0.2, 0.25) is 0 Å². The maximum absolute atomic E-state index is 10.6. The van der Waals surface area contributed by atoms with E-state index in [9.17, 15) is 4.79 Å². The van der Waals surface area contributed by atoms with Crippen molar-refractivity contribution >= 4 is 5.91 Å². The zero-order valence-corrected chi connectivity index (χ0v) is 10.1. The van der Waals surface area contributed by atoms with Crippen LogP contribution < -0.4 is 11.1 Å². The predicted molar refractivity (Wildman–Crippen MR) is 69.4 cm³/mol. The van der Waals surface area contributed by atoms with Crippen LogP contribution in [0.15, 0.2) is 24.3 Å². The quantitative estimate of drug-likeness (QED) is 0.600. The summed E-state index contributed by atoms with van der Waals surface area (Å²) in [4.78, 5) is 10.6. The molecule has 3 N–H and O–H groups in total. The minimum absolute atomic E-state index is 0.0169. The average Bonchev–Trinajstić information content (AvgIpc) is 2.29. The number of benzene rings is 1. The van der Waals surface area contributed by atoms with E-state index in [0.29, 0.717) is 19.5 Å². The van der Waals surface area contributed by atoms with Gasteiger partial charge in [-0.15, -0.1) is 0 Å². The lowest BCUT2D eigenvalue weighted by atomic mass is 10.1. The second-order valence-electron chi connectivity index (χ2n) is 3.77. The molecule has 3 nitrogen and oxygen atoms in total. The van der Waals surface area contributed by atoms with Gasteiger partial charge in [-0.25, -0.2) is 0 Å². The third-order valence-electron chi connectivity index (χ3n) is 2.22. The molecule has 0 bridgehead atoms. The highest BCUT2D eigenvalue weighted by Crippen LogP contribution is 2.04. The van der Waals surface area contributed by atoms with Gasteiger partial charge in [0.05, 0.1) is 0 Å². The fraction of sp³-hybridized carbons (Fsp3) is 0.357. The van der Waals surface area contributed by atoms with Crippen molar-refractivity contribution in [1.29, 1.82) is 0 Å². The van der Waals surface area contributed by atoms with Crippen molar-refractivity contribution in [2.75, 3.05) is 13.1 Å². The molecule has 0 saturated heterocycles. The summed E-state index contributed by atoms with van der Waals surface area (Å²) in [7, 11) is 0. The minimum Gasteiger partial charge on any atom is -0.355 e. The van der Waals surface area contributed by atoms with Crippen LogP contribution in [0.5, 0.6) is 0 Å². The lowest BCUT2D eigenvalue weighted by Crippen LogP contribution is -2.20. The molecule has 3 heteroatoms. The molecule has 90 valence electrons. The fourth-order valence-corrected chi connectivity index (χ4v) is 1.44. The van der Waals surface area contributed by atoms with Gasteiger partial charge >= 0.3 is 0 Å². The molecule has 0 unspecified atom stereocenters. The molecule has 0 spiro atoms. The maximum atomic E-state index is 10.6. The molecular weight excluding hydrogens is 212 g/mol. The largest absolute Gasteiger partial charge is 0.355 e. The summed E-state index contributed by atoms with van der Waals surface area (Å²) in [6.45, 7) is 2.76. The average molecular weight is 230 g/mol. The van der Waals surface area contributed by atoms with Crippen LogP contribution in [0.4, 0.5) is 0 Å². The van der Waals surface area contributed by atoms with Crippen LogP contribution in [0.25, 0.3) is 0 Å². The number of nitrogens with two attached hydrogens (primary N) is 1. The van der Waals surface area contributed by atoms with Gasteiger partial charge in [-0.2, -0.15) is 0 Å². The summed E-state index contributed by atoms with van der Waals surface area (Å²) in [5.74, 6) is 6.09. The van der Waals surface area contributed by atoms with E-state index >= 15 is 0 Å². The molecular formula is C14H18N2O. The van der Waals surface area contributed by atoms with E-state index in [-0.39, 0.29) is 5.91 Å². The standard InChI is InChI=1S/C14H18N2O/c1-12(17)16-10-3-2-5-13-6-4-7-14(11-13)8-9-15/h4,6-7,11H,3,8-10,15H2,1H3,(H,16,17). The van der Waals surface area contributed by atoms with Gasteiger partial charge in [0.1, 0.15) is 0 Å². The predicted octanol–water partition coefficient (Wildman–Crippen LogP) is 1.07. The Labute approximate surface area is 102 Å². The summed E-state index contributed by atoms with van der Waals surface area (Å²) >= 11 is 0. The summed E-state index contributed by atoms with van der Waals surface area (Å²) in [6, 6.07) is 8.07. The van der Waals surface area contributed by atoms with E-state index in [0.717, 1.165) is 12.0 Å². The highest BCUT2D eigenvalue weighted by molar-refractivity contribution is 5.72. The summed E-state index contributed by atoms with van der Waals surface area (Å²) in [6.07, 6.45) is 1.54. The van der Waals surface area contributed by atoms with Gasteiger partial charge in [0.2, 0.25) is 5.91 Å². The van der Waals surface area contributed by atoms with E-state index in [1.54, 1.807) is 0 Å². The Morgan fingerprint density at radius 3 is 3.00 bits per heavy atom. The number of carbonyl (C=O) groups is 1. The Balaban J connectivity index is 2.47. The van der Waals surface area contributed by atoms with Crippen LogP contribution in [0, 0.1) is 11.8 Å². The SMILES string of the molecule is CC(=O)NCCC#Cc1cccc(CCN)c1. The summed E-state index contributed by atoms with van der Waals surface area (Å²) in [5.41, 5.74) is 7.71. The molecule has 0 aliphatic heterocycles. The van der Waals surface area contributed by atoms with E-state index in [1.165, 1.54) is 12.5 Å². The highest BCUT2D eigenvalue weighted by Gasteiger charge is 1.92. The van der Waals surface area contributed by atoms with E-state index < -0.39 is 0 Å². The lowest BCUT2D eigenvalue weighted by molar-refractivity contribution is -0.118. The first-order valence-corrected chi connectivity index (χ1v) is 5.74. The zero-order valence-electron chi connectivity index (χ0n) is 10.1. The van der Waals surface area contributed by atoms with E-state index in [1.807, 2.05) is 12.1 Å². The Bertz CT molecular complexity index is 429. The number of hydrogen-bond donors (Lipinski definition) is 2. The first kappa shape index (κ1) is 13.3. The molecule has 0 atom stereocenters. The molecule has 0 aromatic heterocycles. The van der Waals surface area contributed by atoms with Crippen LogP contribution in [-0.4, -0.2) is 19.0 Å². The van der Waals surface area contributed by atoms with Crippen molar-refractivity contribution in [3.8, 4) is 11.8 Å². The molecule has 1 amide bonds. The van der Waals surface area contributed by atoms with Crippen LogP contribution in [0.1, 0.15) is 24.5 Å². The van der Waals surface area contributed by atoms with Crippen molar-refractivity contribution in [2.24, 2.45) is 5.73 Å². The Morgan fingerprint density at radius 2 is 2.29 bits per heavy atom. The van der Waals surface area contributed by atoms with Gasteiger partial charge in [-0.3, -0.25) is 4.79 Å². The van der Waals surface area contributed by atoms with Crippen LogP contribution in [0.3, 0.4) is 0 Å². The lowest BCUT2D eigenvalue weighted by Gasteiger charge is -1.98. The van der Waals surface area contributed by atoms with Gasteiger partial charge in [0, 0.05) is 25.5 Å². The fourth-order valence-electron chi connectivity index (χ4n) is 1.44. The number of nitrogens with one attached hydrogen (secondary N) is 1. The normalized spacial score (nSPS) is 9.29. The topological polar surface area (TPSA) is 55.1 Å². The third-order valence-corrected chi connectivity index (χ3v) is 2.22. The van der Waals surface area contributed by atoms with Crippen molar-refractivity contribution in [3.63, 3.8) is 0 Å². The molecule has 0 aliphatic carbocycles. The highest BCUT2D eigenvalue weighted by atomic mass is 16.1. The maximum Gasteiger partial charge on any atom is 0.216 e. The van der Waals surface area contributed by atoms with Crippen molar-refractivity contribution in [2.45, 2.75) is 19.8 Å². The van der Waals surface area contributed by atoms with Gasteiger partial charge in [-0.1, -0.05) is 24.0 Å². The molecule has 0 radical (unpaired) electrons. The molecule has 0 saturated carbocycles. The number of rotatable bonds is 4. The number of amides is 1. The van der Waals surface area contributed by atoms with Gasteiger partial charge in [0.15, 0.2) is 0 Å². The first-order chi connectivity index (χ1) is 8.22. The van der Waals surface area contributed by atoms with Crippen molar-refractivity contribution < 1.29 is 4.79 Å². The van der Waals surface area contributed by atoms with Gasteiger partial charge in [-0.05, 0) is 30.7 Å². The second kappa shape index (κ2) is 7.48. The minimum atomic E-state index is -0.0169. The Morgan fingerprint density at radius 1 is 1.47 bits per heavy atom. The number of carbonyl (C=O) groups excluding carboxylic acids is 1. The second-order valence-corrected chi connectivity index (χ2v) is 3.77. The Hall–Kier alpha value is -1.79. The van der Waals surface area contributed by atoms with Gasteiger partial charge < -0.3 is 11.1 Å². The summed E-state index contributed by atoms with van der Waals surface area (Å²) < 4.78 is 0. The van der Waals surface area contributed by atoms with Crippen molar-refractivity contribution in [3.05, 3.63) is 35.4 Å². The van der Waals surface area contributed by atoms with Gasteiger partial charge in [0.25, 0.3) is 0 Å². The van der Waals surface area contributed by atoms with Crippen LogP contribution in [-0.2, 0) is 11.2 Å². The molecule has 0 aliphatic rings. The first-order valence-electron chi connectivity index (χ1n) is 5.74. The molecule has 1 aromatic carbocycles. The molecule has 17 heavy (non-hydrogen) atoms. The Kier molecular flexibility index (Phi) is 5.84. The monoisotopic (exact) mass is 230 g/mol. The van der Waals surface area contributed by atoms with E-state index in [2.05, 4.69) is 29.3 Å². The smallest absolute Gasteiger partial charge is 0.216 e. The van der Waals surface area contributed by atoms with Crippen LogP contribution >= 0.6 is 0 Å². The summed E-state index contributed by atoms with van der Waals surface area (Å²) in [5, 5.41) is 2.71. The van der Waals surface area contributed by atoms with Crippen molar-refractivity contribution in [1.82, 2.24) is 5.32 Å².